The molecule has 2 aromatic carbocycles. The molecule has 3 aromatic heterocycles. The van der Waals surface area contributed by atoms with Crippen LogP contribution in [0.4, 0.5) is 5.69 Å². The Kier molecular flexibility index (Phi) is 5.30. The molecule has 5 aromatic rings. The number of nitrogens with one attached hydrogen (secondary N) is 1. The highest BCUT2D eigenvalue weighted by Crippen LogP contribution is 2.25. The Hall–Kier alpha value is -4.51. The molecule has 8 heteroatoms. The molecular weight excluding hydrogens is 426 g/mol. The highest BCUT2D eigenvalue weighted by Gasteiger charge is 2.15. The first kappa shape index (κ1) is 21.3. The number of nitriles is 1. The molecule has 5 rings (SSSR count). The zero-order valence-electron chi connectivity index (χ0n) is 19.2. The van der Waals surface area contributed by atoms with Crippen molar-refractivity contribution in [1.29, 1.82) is 5.26 Å². The first-order valence-corrected chi connectivity index (χ1v) is 11.0. The maximum Gasteiger partial charge on any atom is 0.224 e. The van der Waals surface area contributed by atoms with Gasteiger partial charge in [-0.25, -0.2) is 14.5 Å². The van der Waals surface area contributed by atoms with Gasteiger partial charge in [0, 0.05) is 36.1 Å². The van der Waals surface area contributed by atoms with Crippen LogP contribution in [0.1, 0.15) is 28.9 Å². The van der Waals surface area contributed by atoms with Crippen molar-refractivity contribution in [1.82, 2.24) is 24.1 Å². The van der Waals surface area contributed by atoms with Gasteiger partial charge in [-0.2, -0.15) is 10.4 Å². The van der Waals surface area contributed by atoms with Gasteiger partial charge in [0.15, 0.2) is 5.65 Å². The molecule has 1 amide bonds. The third kappa shape index (κ3) is 3.67. The van der Waals surface area contributed by atoms with Crippen LogP contribution in [-0.4, -0.2) is 30.1 Å². The fraction of sp³-hybridized carbons (Fsp3) is 0.192. The van der Waals surface area contributed by atoms with Crippen LogP contribution in [0, 0.1) is 25.2 Å². The van der Waals surface area contributed by atoms with Gasteiger partial charge in [0.2, 0.25) is 5.91 Å². The molecule has 0 aliphatic heterocycles. The molecule has 0 aliphatic carbocycles. The molecule has 0 spiro atoms. The first-order valence-electron chi connectivity index (χ1n) is 11.0. The summed E-state index contributed by atoms with van der Waals surface area (Å²) in [6.45, 7) is 3.83. The minimum atomic E-state index is -0.0763. The lowest BCUT2D eigenvalue weighted by molar-refractivity contribution is -0.116. The standard InChI is InChI=1S/C26H23N7O/c1-16-21(17(2)33-26(29-16)19(14-27)15-28-33)12-13-24(34)30-20-10-8-18(9-11-20)25-31-22-6-4-5-7-23(22)32(25)3/h4-11,15H,12-13H2,1-3H3,(H,30,34). The number of carbonyl (C=O) groups is 1. The number of fused-ring (bicyclic) bond motifs is 2. The molecule has 0 aliphatic rings. The minimum absolute atomic E-state index is 0.0763. The van der Waals surface area contributed by atoms with E-state index >= 15 is 0 Å². The number of aromatic nitrogens is 5. The lowest BCUT2D eigenvalue weighted by atomic mass is 10.1. The van der Waals surface area contributed by atoms with E-state index in [0.717, 1.165) is 45.1 Å². The van der Waals surface area contributed by atoms with Gasteiger partial charge in [-0.15, -0.1) is 0 Å². The Bertz CT molecular complexity index is 1590. The van der Waals surface area contributed by atoms with Crippen LogP contribution in [0.2, 0.25) is 0 Å². The largest absolute Gasteiger partial charge is 0.327 e. The van der Waals surface area contributed by atoms with E-state index in [9.17, 15) is 10.1 Å². The number of hydrogen-bond donors (Lipinski definition) is 1. The number of anilines is 1. The summed E-state index contributed by atoms with van der Waals surface area (Å²) < 4.78 is 3.73. The summed E-state index contributed by atoms with van der Waals surface area (Å²) in [5, 5.41) is 16.5. The molecule has 34 heavy (non-hydrogen) atoms. The number of imidazole rings is 1. The van der Waals surface area contributed by atoms with Crippen molar-refractivity contribution in [3.05, 3.63) is 77.2 Å². The van der Waals surface area contributed by atoms with Gasteiger partial charge in [0.25, 0.3) is 0 Å². The van der Waals surface area contributed by atoms with Crippen LogP contribution in [0.3, 0.4) is 0 Å². The number of para-hydroxylation sites is 2. The van der Waals surface area contributed by atoms with Crippen LogP contribution in [0.15, 0.2) is 54.7 Å². The SMILES string of the molecule is Cc1nc2c(C#N)cnn2c(C)c1CCC(=O)Nc1ccc(-c2nc3ccccc3n2C)cc1. The van der Waals surface area contributed by atoms with Crippen LogP contribution in [-0.2, 0) is 18.3 Å². The zero-order chi connectivity index (χ0) is 23.8. The highest BCUT2D eigenvalue weighted by molar-refractivity contribution is 5.91. The van der Waals surface area contributed by atoms with Gasteiger partial charge < -0.3 is 9.88 Å². The number of aryl methyl sites for hydroxylation is 3. The Balaban J connectivity index is 1.28. The van der Waals surface area contributed by atoms with E-state index in [-0.39, 0.29) is 5.91 Å². The lowest BCUT2D eigenvalue weighted by Gasteiger charge is -2.11. The molecule has 8 nitrogen and oxygen atoms in total. The van der Waals surface area contributed by atoms with E-state index in [2.05, 4.69) is 26.0 Å². The maximum absolute atomic E-state index is 12.6. The van der Waals surface area contributed by atoms with Gasteiger partial charge in [-0.1, -0.05) is 12.1 Å². The van der Waals surface area contributed by atoms with E-state index in [1.165, 1.54) is 6.20 Å². The molecule has 168 valence electrons. The summed E-state index contributed by atoms with van der Waals surface area (Å²) in [4.78, 5) is 21.9. The Morgan fingerprint density at radius 1 is 1.09 bits per heavy atom. The molecule has 3 heterocycles. The van der Waals surface area contributed by atoms with E-state index in [4.69, 9.17) is 4.98 Å². The second kappa shape index (κ2) is 8.45. The third-order valence-electron chi connectivity index (χ3n) is 6.15. The third-order valence-corrected chi connectivity index (χ3v) is 6.15. The molecule has 0 saturated heterocycles. The van der Waals surface area contributed by atoms with Crippen molar-refractivity contribution in [2.45, 2.75) is 26.7 Å². The lowest BCUT2D eigenvalue weighted by Crippen LogP contribution is -2.14. The quantitative estimate of drug-likeness (QED) is 0.430. The Morgan fingerprint density at radius 3 is 2.59 bits per heavy atom. The van der Waals surface area contributed by atoms with Gasteiger partial charge in [-0.3, -0.25) is 4.79 Å². The molecule has 0 saturated carbocycles. The molecular formula is C26H23N7O. The summed E-state index contributed by atoms with van der Waals surface area (Å²) in [5.41, 5.74) is 7.40. The van der Waals surface area contributed by atoms with Crippen molar-refractivity contribution in [3.8, 4) is 17.5 Å². The van der Waals surface area contributed by atoms with Gasteiger partial charge in [0.1, 0.15) is 17.5 Å². The topological polar surface area (TPSA) is 101 Å². The molecule has 0 radical (unpaired) electrons. The zero-order valence-corrected chi connectivity index (χ0v) is 19.2. The smallest absolute Gasteiger partial charge is 0.224 e. The van der Waals surface area contributed by atoms with E-state index in [1.807, 2.05) is 69.4 Å². The highest BCUT2D eigenvalue weighted by atomic mass is 16.1. The van der Waals surface area contributed by atoms with Crippen molar-refractivity contribution in [3.63, 3.8) is 0 Å². The van der Waals surface area contributed by atoms with Crippen molar-refractivity contribution >= 4 is 28.3 Å². The predicted molar refractivity (Wildman–Crippen MR) is 130 cm³/mol. The fourth-order valence-corrected chi connectivity index (χ4v) is 4.32. The van der Waals surface area contributed by atoms with Crippen LogP contribution in [0.25, 0.3) is 28.1 Å². The fourth-order valence-electron chi connectivity index (χ4n) is 4.32. The number of hydrogen-bond acceptors (Lipinski definition) is 5. The average molecular weight is 450 g/mol. The minimum Gasteiger partial charge on any atom is -0.327 e. The molecule has 0 bridgehead atoms. The number of rotatable bonds is 5. The summed E-state index contributed by atoms with van der Waals surface area (Å²) in [5.74, 6) is 0.804. The number of nitrogens with zero attached hydrogens (tertiary/aromatic N) is 6. The molecule has 0 fully saturated rings. The summed E-state index contributed by atoms with van der Waals surface area (Å²) in [6, 6.07) is 17.9. The molecule has 0 atom stereocenters. The van der Waals surface area contributed by atoms with Gasteiger partial charge >= 0.3 is 0 Å². The van der Waals surface area contributed by atoms with E-state index in [1.54, 1.807) is 4.52 Å². The van der Waals surface area contributed by atoms with Gasteiger partial charge in [0.05, 0.1) is 17.2 Å². The number of carbonyl (C=O) groups excluding carboxylic acids is 1. The normalized spacial score (nSPS) is 11.1. The first-order chi connectivity index (χ1) is 16.5. The van der Waals surface area contributed by atoms with Crippen LogP contribution in [0.5, 0.6) is 0 Å². The van der Waals surface area contributed by atoms with E-state index < -0.39 is 0 Å². The van der Waals surface area contributed by atoms with Crippen molar-refractivity contribution in [2.75, 3.05) is 5.32 Å². The number of amides is 1. The van der Waals surface area contributed by atoms with Crippen LogP contribution >= 0.6 is 0 Å². The van der Waals surface area contributed by atoms with Crippen molar-refractivity contribution in [2.24, 2.45) is 7.05 Å². The predicted octanol–water partition coefficient (Wildman–Crippen LogP) is 4.34. The molecule has 1 N–H and O–H groups in total. The second-order valence-electron chi connectivity index (χ2n) is 8.28. The monoisotopic (exact) mass is 449 g/mol. The summed E-state index contributed by atoms with van der Waals surface area (Å²) >= 11 is 0. The average Bonchev–Trinajstić information content (AvgIpc) is 3.40. The van der Waals surface area contributed by atoms with E-state index in [0.29, 0.717) is 24.1 Å². The second-order valence-corrected chi connectivity index (χ2v) is 8.28. The maximum atomic E-state index is 12.6. The van der Waals surface area contributed by atoms with Crippen LogP contribution < -0.4 is 5.32 Å². The Labute approximate surface area is 196 Å². The summed E-state index contributed by atoms with van der Waals surface area (Å²) in [7, 11) is 2.00. The molecule has 0 unspecified atom stereocenters. The van der Waals surface area contributed by atoms with Gasteiger partial charge in [-0.05, 0) is 62.2 Å². The number of benzene rings is 2. The van der Waals surface area contributed by atoms with Crippen molar-refractivity contribution < 1.29 is 4.79 Å². The summed E-state index contributed by atoms with van der Waals surface area (Å²) in [6.07, 6.45) is 2.36. The Morgan fingerprint density at radius 2 is 1.85 bits per heavy atom.